The number of nitrogens with one attached hydrogen (secondary N) is 2. The number of rotatable bonds is 20. The van der Waals surface area contributed by atoms with Gasteiger partial charge >= 0.3 is 5.97 Å². The van der Waals surface area contributed by atoms with Gasteiger partial charge in [0, 0.05) is 25.2 Å². The predicted molar refractivity (Wildman–Crippen MR) is 149 cm³/mol. The standard InChI is InChI=1S/C30H51N3O4/c1-3-5-6-7-8-9-10-11-12-13-20-32-30(35)28-16-14-26(15-17-28)23-33(37-25-29(34)36-4-2)24-27-18-21-31-22-19-27/h14-17,27,31H,3-13,18-25H2,1-2H3,(H,32,35). The van der Waals surface area contributed by atoms with E-state index in [1.54, 1.807) is 6.92 Å². The molecule has 2 N–H and O–H groups in total. The van der Waals surface area contributed by atoms with E-state index in [1.807, 2.05) is 29.3 Å². The second-order valence-corrected chi connectivity index (χ2v) is 10.2. The van der Waals surface area contributed by atoms with E-state index in [0.29, 0.717) is 24.6 Å². The van der Waals surface area contributed by atoms with Gasteiger partial charge in [-0.1, -0.05) is 76.8 Å². The predicted octanol–water partition coefficient (Wildman–Crippen LogP) is 5.63. The summed E-state index contributed by atoms with van der Waals surface area (Å²) in [6, 6.07) is 7.69. The molecule has 1 aliphatic rings. The van der Waals surface area contributed by atoms with Crippen LogP contribution in [0.15, 0.2) is 24.3 Å². The third kappa shape index (κ3) is 14.5. The molecule has 7 heteroatoms. The lowest BCUT2D eigenvalue weighted by Gasteiger charge is -2.29. The Morgan fingerprint density at radius 1 is 0.919 bits per heavy atom. The van der Waals surface area contributed by atoms with Crippen LogP contribution in [0, 0.1) is 5.92 Å². The summed E-state index contributed by atoms with van der Waals surface area (Å²) in [4.78, 5) is 30.2. The van der Waals surface area contributed by atoms with Crippen molar-refractivity contribution in [3.05, 3.63) is 35.4 Å². The summed E-state index contributed by atoms with van der Waals surface area (Å²) >= 11 is 0. The van der Waals surface area contributed by atoms with Gasteiger partial charge in [-0.15, -0.1) is 0 Å². The highest BCUT2D eigenvalue weighted by Crippen LogP contribution is 2.17. The summed E-state index contributed by atoms with van der Waals surface area (Å²) in [5.41, 5.74) is 1.72. The van der Waals surface area contributed by atoms with Crippen molar-refractivity contribution < 1.29 is 19.2 Å². The largest absolute Gasteiger partial charge is 0.464 e. The Balaban J connectivity index is 1.69. The van der Waals surface area contributed by atoms with Crippen LogP contribution in [0.3, 0.4) is 0 Å². The van der Waals surface area contributed by atoms with Crippen LogP contribution in [0.25, 0.3) is 0 Å². The molecule has 7 nitrogen and oxygen atoms in total. The smallest absolute Gasteiger partial charge is 0.334 e. The number of unbranched alkanes of at least 4 members (excludes halogenated alkanes) is 9. The molecule has 0 bridgehead atoms. The van der Waals surface area contributed by atoms with E-state index in [9.17, 15) is 9.59 Å². The molecule has 0 saturated carbocycles. The minimum atomic E-state index is -0.354. The molecule has 0 aromatic heterocycles. The summed E-state index contributed by atoms with van der Waals surface area (Å²) in [7, 11) is 0. The third-order valence-electron chi connectivity index (χ3n) is 6.98. The van der Waals surface area contributed by atoms with Crippen LogP contribution in [0.1, 0.15) is 107 Å². The molecule has 1 aromatic carbocycles. The molecular weight excluding hydrogens is 466 g/mol. The van der Waals surface area contributed by atoms with Crippen molar-refractivity contribution in [1.29, 1.82) is 0 Å². The number of piperidine rings is 1. The summed E-state index contributed by atoms with van der Waals surface area (Å²) in [6.07, 6.45) is 15.1. The van der Waals surface area contributed by atoms with Crippen LogP contribution in [0.2, 0.25) is 0 Å². The number of carbonyl (C=O) groups excluding carboxylic acids is 2. The number of hydrogen-bond donors (Lipinski definition) is 2. The second kappa shape index (κ2) is 20.1. The molecule has 0 unspecified atom stereocenters. The normalized spacial score (nSPS) is 14.1. The zero-order valence-electron chi connectivity index (χ0n) is 23.4. The first-order chi connectivity index (χ1) is 18.1. The van der Waals surface area contributed by atoms with Crippen molar-refractivity contribution in [3.8, 4) is 0 Å². The highest BCUT2D eigenvalue weighted by Gasteiger charge is 2.19. The fraction of sp³-hybridized carbons (Fsp3) is 0.733. The van der Waals surface area contributed by atoms with Crippen LogP contribution in [-0.2, 0) is 20.9 Å². The highest BCUT2D eigenvalue weighted by atomic mass is 16.7. The van der Waals surface area contributed by atoms with Crippen molar-refractivity contribution in [2.75, 3.05) is 39.4 Å². The number of esters is 1. The molecule has 1 saturated heterocycles. The Morgan fingerprint density at radius 2 is 1.54 bits per heavy atom. The molecule has 0 atom stereocenters. The average molecular weight is 518 g/mol. The minimum absolute atomic E-state index is 0.0207. The minimum Gasteiger partial charge on any atom is -0.464 e. The van der Waals surface area contributed by atoms with Crippen LogP contribution < -0.4 is 10.6 Å². The Bertz CT molecular complexity index is 735. The van der Waals surface area contributed by atoms with E-state index in [0.717, 1.165) is 51.0 Å². The molecule has 0 radical (unpaired) electrons. The van der Waals surface area contributed by atoms with Crippen LogP contribution >= 0.6 is 0 Å². The first-order valence-corrected chi connectivity index (χ1v) is 14.7. The zero-order chi connectivity index (χ0) is 26.6. The van der Waals surface area contributed by atoms with Crippen LogP contribution in [0.4, 0.5) is 0 Å². The first-order valence-electron chi connectivity index (χ1n) is 14.7. The average Bonchev–Trinajstić information content (AvgIpc) is 2.91. The van der Waals surface area contributed by atoms with Crippen molar-refractivity contribution in [2.24, 2.45) is 5.92 Å². The number of carbonyl (C=O) groups is 2. The Labute approximate surface area is 225 Å². The first kappa shape index (κ1) is 31.3. The molecule has 0 aliphatic carbocycles. The van der Waals surface area contributed by atoms with E-state index in [-0.39, 0.29) is 18.5 Å². The molecule has 37 heavy (non-hydrogen) atoms. The number of hydroxylamine groups is 2. The van der Waals surface area contributed by atoms with E-state index in [4.69, 9.17) is 9.57 Å². The quantitative estimate of drug-likeness (QED) is 0.132. The fourth-order valence-electron chi connectivity index (χ4n) is 4.74. The van der Waals surface area contributed by atoms with Gasteiger partial charge in [0.2, 0.25) is 0 Å². The summed E-state index contributed by atoms with van der Waals surface area (Å²) in [6.45, 7) is 8.39. The maximum atomic E-state index is 12.5. The maximum absolute atomic E-state index is 12.5. The number of ether oxygens (including phenoxy) is 1. The maximum Gasteiger partial charge on any atom is 0.334 e. The van der Waals surface area contributed by atoms with Gasteiger partial charge in [0.15, 0.2) is 6.61 Å². The molecule has 2 rings (SSSR count). The van der Waals surface area contributed by atoms with Crippen molar-refractivity contribution >= 4 is 11.9 Å². The molecule has 1 fully saturated rings. The third-order valence-corrected chi connectivity index (χ3v) is 6.98. The van der Waals surface area contributed by atoms with Crippen molar-refractivity contribution in [3.63, 3.8) is 0 Å². The lowest BCUT2D eigenvalue weighted by molar-refractivity contribution is -0.193. The molecule has 210 valence electrons. The number of benzene rings is 1. The fourth-order valence-corrected chi connectivity index (χ4v) is 4.74. The number of amides is 1. The summed E-state index contributed by atoms with van der Waals surface area (Å²) in [5.74, 6) is 0.152. The Morgan fingerprint density at radius 3 is 2.16 bits per heavy atom. The van der Waals surface area contributed by atoms with E-state index in [2.05, 4.69) is 17.6 Å². The molecular formula is C30H51N3O4. The van der Waals surface area contributed by atoms with Gasteiger partial charge in [-0.25, -0.2) is 4.79 Å². The van der Waals surface area contributed by atoms with Crippen molar-refractivity contribution in [1.82, 2.24) is 15.7 Å². The van der Waals surface area contributed by atoms with Gasteiger partial charge in [-0.3, -0.25) is 9.63 Å². The monoisotopic (exact) mass is 517 g/mol. The molecule has 1 aromatic rings. The number of hydrogen-bond acceptors (Lipinski definition) is 6. The van der Waals surface area contributed by atoms with Gasteiger partial charge < -0.3 is 15.4 Å². The lowest BCUT2D eigenvalue weighted by atomic mass is 9.98. The summed E-state index contributed by atoms with van der Waals surface area (Å²) in [5, 5.41) is 8.31. The zero-order valence-corrected chi connectivity index (χ0v) is 23.4. The van der Waals surface area contributed by atoms with Gasteiger partial charge in [-0.05, 0) is 62.9 Å². The SMILES string of the molecule is CCCCCCCCCCCCNC(=O)c1ccc(CN(CC2CCNCC2)OCC(=O)OCC)cc1. The Hall–Kier alpha value is -1.96. The van der Waals surface area contributed by atoms with Gasteiger partial charge in [0.05, 0.1) is 6.61 Å². The Kier molecular flexibility index (Phi) is 16.9. The molecule has 1 aliphatic heterocycles. The van der Waals surface area contributed by atoms with Gasteiger partial charge in [0.1, 0.15) is 0 Å². The highest BCUT2D eigenvalue weighted by molar-refractivity contribution is 5.94. The molecule has 1 heterocycles. The van der Waals surface area contributed by atoms with Crippen LogP contribution in [-0.4, -0.2) is 56.3 Å². The van der Waals surface area contributed by atoms with Gasteiger partial charge in [-0.2, -0.15) is 5.06 Å². The topological polar surface area (TPSA) is 79.9 Å². The van der Waals surface area contributed by atoms with Gasteiger partial charge in [0.25, 0.3) is 5.91 Å². The second-order valence-electron chi connectivity index (χ2n) is 10.2. The van der Waals surface area contributed by atoms with E-state index < -0.39 is 0 Å². The van der Waals surface area contributed by atoms with E-state index >= 15 is 0 Å². The molecule has 1 amide bonds. The van der Waals surface area contributed by atoms with Crippen LogP contribution in [0.5, 0.6) is 0 Å². The molecule has 0 spiro atoms. The lowest BCUT2D eigenvalue weighted by Crippen LogP contribution is -2.37. The van der Waals surface area contributed by atoms with E-state index in [1.165, 1.54) is 57.8 Å². The van der Waals surface area contributed by atoms with Crippen molar-refractivity contribution in [2.45, 2.75) is 97.4 Å². The number of nitrogens with zero attached hydrogens (tertiary/aromatic N) is 1. The summed E-state index contributed by atoms with van der Waals surface area (Å²) < 4.78 is 5.01.